The van der Waals surface area contributed by atoms with E-state index in [1.54, 1.807) is 30.9 Å². The number of anilines is 3. The molecule has 4 rings (SSSR count). The third kappa shape index (κ3) is 3.12. The standard InChI is InChI=1S/C17H16N8/c18-8-12-7-13(9-20-16(12)25-5-1-2-6-25)15-3-4-19-17(24-15)23-14-10-21-22-11-14/h3-4,7,9-11H,1-2,5-6H2,(H,21,22)(H,19,23,24). The highest BCUT2D eigenvalue weighted by Crippen LogP contribution is 2.26. The van der Waals surface area contributed by atoms with Crippen LogP contribution in [0.15, 0.2) is 36.9 Å². The van der Waals surface area contributed by atoms with Gasteiger partial charge in [0.2, 0.25) is 5.95 Å². The van der Waals surface area contributed by atoms with Gasteiger partial charge in [0.15, 0.2) is 0 Å². The van der Waals surface area contributed by atoms with Gasteiger partial charge in [0, 0.05) is 37.2 Å². The lowest BCUT2D eigenvalue weighted by Gasteiger charge is -2.17. The van der Waals surface area contributed by atoms with Crippen molar-refractivity contribution in [1.82, 2.24) is 25.1 Å². The van der Waals surface area contributed by atoms with Gasteiger partial charge in [0.25, 0.3) is 0 Å². The van der Waals surface area contributed by atoms with Crippen molar-refractivity contribution in [2.24, 2.45) is 0 Å². The Labute approximate surface area is 144 Å². The van der Waals surface area contributed by atoms with Crippen LogP contribution >= 0.6 is 0 Å². The van der Waals surface area contributed by atoms with Crippen molar-refractivity contribution in [2.45, 2.75) is 12.8 Å². The lowest BCUT2D eigenvalue weighted by molar-refractivity contribution is 0.934. The number of hydrogen-bond acceptors (Lipinski definition) is 7. The summed E-state index contributed by atoms with van der Waals surface area (Å²) in [6.45, 7) is 1.90. The summed E-state index contributed by atoms with van der Waals surface area (Å²) in [7, 11) is 0. The maximum Gasteiger partial charge on any atom is 0.227 e. The highest BCUT2D eigenvalue weighted by molar-refractivity contribution is 5.67. The van der Waals surface area contributed by atoms with E-state index in [-0.39, 0.29) is 0 Å². The molecule has 0 amide bonds. The van der Waals surface area contributed by atoms with E-state index in [0.29, 0.717) is 17.2 Å². The molecule has 124 valence electrons. The second-order valence-corrected chi connectivity index (χ2v) is 5.78. The normalized spacial score (nSPS) is 13.6. The molecule has 0 spiro atoms. The van der Waals surface area contributed by atoms with Gasteiger partial charge in [-0.2, -0.15) is 10.4 Å². The third-order valence-corrected chi connectivity index (χ3v) is 4.10. The van der Waals surface area contributed by atoms with Crippen LogP contribution in [0.5, 0.6) is 0 Å². The number of H-pyrrole nitrogens is 1. The molecule has 3 aromatic heterocycles. The molecule has 0 atom stereocenters. The SMILES string of the molecule is N#Cc1cc(-c2ccnc(Nc3cn[nH]c3)n2)cnc1N1CCCC1. The molecule has 2 N–H and O–H groups in total. The summed E-state index contributed by atoms with van der Waals surface area (Å²) in [6.07, 6.45) is 9.09. The lowest BCUT2D eigenvalue weighted by atomic mass is 10.1. The fourth-order valence-electron chi connectivity index (χ4n) is 2.89. The maximum absolute atomic E-state index is 9.50. The quantitative estimate of drug-likeness (QED) is 0.756. The minimum atomic E-state index is 0.459. The Morgan fingerprint density at radius 2 is 2.08 bits per heavy atom. The molecule has 8 nitrogen and oxygen atoms in total. The van der Waals surface area contributed by atoms with E-state index in [2.05, 4.69) is 41.4 Å². The van der Waals surface area contributed by atoms with Gasteiger partial charge in [-0.3, -0.25) is 5.10 Å². The van der Waals surface area contributed by atoms with Gasteiger partial charge < -0.3 is 10.2 Å². The third-order valence-electron chi connectivity index (χ3n) is 4.10. The first kappa shape index (κ1) is 15.1. The van der Waals surface area contributed by atoms with Crippen LogP contribution < -0.4 is 10.2 Å². The first-order valence-electron chi connectivity index (χ1n) is 8.08. The van der Waals surface area contributed by atoms with E-state index in [0.717, 1.165) is 43.0 Å². The Kier molecular flexibility index (Phi) is 3.96. The molecule has 1 aliphatic rings. The zero-order valence-electron chi connectivity index (χ0n) is 13.5. The minimum absolute atomic E-state index is 0.459. The number of hydrogen-bond donors (Lipinski definition) is 2. The molecule has 0 bridgehead atoms. The topological polar surface area (TPSA) is 106 Å². The molecule has 25 heavy (non-hydrogen) atoms. The highest BCUT2D eigenvalue weighted by atomic mass is 15.2. The number of rotatable bonds is 4. The molecule has 1 aliphatic heterocycles. The highest BCUT2D eigenvalue weighted by Gasteiger charge is 2.18. The molecule has 1 fully saturated rings. The number of aromatic nitrogens is 5. The molecule has 0 aromatic carbocycles. The van der Waals surface area contributed by atoms with Crippen molar-refractivity contribution in [3.8, 4) is 17.3 Å². The predicted molar refractivity (Wildman–Crippen MR) is 93.3 cm³/mol. The van der Waals surface area contributed by atoms with E-state index in [1.807, 2.05) is 6.07 Å². The lowest BCUT2D eigenvalue weighted by Crippen LogP contribution is -2.20. The van der Waals surface area contributed by atoms with Crippen LogP contribution in [-0.4, -0.2) is 38.2 Å². The number of pyridine rings is 1. The van der Waals surface area contributed by atoms with Crippen molar-refractivity contribution in [1.29, 1.82) is 5.26 Å². The molecular weight excluding hydrogens is 316 g/mol. The summed E-state index contributed by atoms with van der Waals surface area (Å²) in [5, 5.41) is 19.2. The van der Waals surface area contributed by atoms with Gasteiger partial charge in [-0.15, -0.1) is 0 Å². The molecule has 0 radical (unpaired) electrons. The van der Waals surface area contributed by atoms with E-state index in [1.165, 1.54) is 0 Å². The van der Waals surface area contributed by atoms with E-state index in [4.69, 9.17) is 0 Å². The van der Waals surface area contributed by atoms with Crippen molar-refractivity contribution in [3.63, 3.8) is 0 Å². The van der Waals surface area contributed by atoms with Gasteiger partial charge in [-0.05, 0) is 25.0 Å². The smallest absolute Gasteiger partial charge is 0.227 e. The average Bonchev–Trinajstić information content (AvgIpc) is 3.35. The monoisotopic (exact) mass is 332 g/mol. The molecule has 0 unspecified atom stereocenters. The average molecular weight is 332 g/mol. The summed E-state index contributed by atoms with van der Waals surface area (Å²) in [4.78, 5) is 15.4. The Bertz CT molecular complexity index is 907. The maximum atomic E-state index is 9.50. The van der Waals surface area contributed by atoms with Gasteiger partial charge in [0.1, 0.15) is 11.9 Å². The molecule has 0 aliphatic carbocycles. The van der Waals surface area contributed by atoms with E-state index >= 15 is 0 Å². The van der Waals surface area contributed by atoms with Crippen LogP contribution in [-0.2, 0) is 0 Å². The van der Waals surface area contributed by atoms with Gasteiger partial charge >= 0.3 is 0 Å². The van der Waals surface area contributed by atoms with Crippen molar-refractivity contribution >= 4 is 17.5 Å². The van der Waals surface area contributed by atoms with Gasteiger partial charge in [-0.25, -0.2) is 15.0 Å². The Morgan fingerprint density at radius 1 is 1.20 bits per heavy atom. The first-order valence-corrected chi connectivity index (χ1v) is 8.08. The number of nitriles is 1. The molecule has 1 saturated heterocycles. The summed E-state index contributed by atoms with van der Waals surface area (Å²) in [6, 6.07) is 5.90. The summed E-state index contributed by atoms with van der Waals surface area (Å²) in [5.74, 6) is 1.22. The second-order valence-electron chi connectivity index (χ2n) is 5.78. The van der Waals surface area contributed by atoms with Crippen LogP contribution in [0.25, 0.3) is 11.3 Å². The number of nitrogens with one attached hydrogen (secondary N) is 2. The van der Waals surface area contributed by atoms with Crippen molar-refractivity contribution in [2.75, 3.05) is 23.3 Å². The number of aromatic amines is 1. The molecule has 3 aromatic rings. The summed E-state index contributed by atoms with van der Waals surface area (Å²) in [5.41, 5.74) is 2.84. The Morgan fingerprint density at radius 3 is 2.84 bits per heavy atom. The second kappa shape index (κ2) is 6.57. The van der Waals surface area contributed by atoms with Crippen LogP contribution in [0.3, 0.4) is 0 Å². The van der Waals surface area contributed by atoms with Crippen molar-refractivity contribution < 1.29 is 0 Å². The summed E-state index contributed by atoms with van der Waals surface area (Å²) < 4.78 is 0. The van der Waals surface area contributed by atoms with Crippen LogP contribution in [0.4, 0.5) is 17.5 Å². The van der Waals surface area contributed by atoms with Crippen molar-refractivity contribution in [3.05, 3.63) is 42.5 Å². The predicted octanol–water partition coefficient (Wildman–Crippen LogP) is 2.48. The zero-order chi connectivity index (χ0) is 17.1. The fourth-order valence-corrected chi connectivity index (χ4v) is 2.89. The zero-order valence-corrected chi connectivity index (χ0v) is 13.5. The fraction of sp³-hybridized carbons (Fsp3) is 0.235. The summed E-state index contributed by atoms with van der Waals surface area (Å²) >= 11 is 0. The van der Waals surface area contributed by atoms with Crippen LogP contribution in [0.1, 0.15) is 18.4 Å². The largest absolute Gasteiger partial charge is 0.356 e. The molecule has 4 heterocycles. The van der Waals surface area contributed by atoms with Gasteiger partial charge in [-0.1, -0.05) is 0 Å². The molecule has 0 saturated carbocycles. The Hall–Kier alpha value is -3.47. The first-order chi connectivity index (χ1) is 12.3. The molecule has 8 heteroatoms. The van der Waals surface area contributed by atoms with E-state index in [9.17, 15) is 5.26 Å². The van der Waals surface area contributed by atoms with E-state index < -0.39 is 0 Å². The Balaban J connectivity index is 1.64. The number of nitrogens with zero attached hydrogens (tertiary/aromatic N) is 6. The van der Waals surface area contributed by atoms with Crippen LogP contribution in [0.2, 0.25) is 0 Å². The molecular formula is C17H16N8. The van der Waals surface area contributed by atoms with Crippen LogP contribution in [0, 0.1) is 11.3 Å². The minimum Gasteiger partial charge on any atom is -0.356 e. The van der Waals surface area contributed by atoms with Gasteiger partial charge in [0.05, 0.1) is 23.1 Å².